The van der Waals surface area contributed by atoms with E-state index < -0.39 is 10.0 Å². The lowest BCUT2D eigenvalue weighted by molar-refractivity contribution is 0.600. The topological polar surface area (TPSA) is 72.2 Å². The summed E-state index contributed by atoms with van der Waals surface area (Å²) in [6.45, 7) is 3.90. The molecule has 0 radical (unpaired) electrons. The molecule has 0 aliphatic carbocycles. The first-order valence-electron chi connectivity index (χ1n) is 6.42. The molecule has 0 atom stereocenters. The van der Waals surface area contributed by atoms with Gasteiger partial charge < -0.3 is 5.73 Å². The van der Waals surface area contributed by atoms with E-state index in [2.05, 4.69) is 4.72 Å². The van der Waals surface area contributed by atoms with E-state index in [1.54, 1.807) is 37.3 Å². The Bertz CT molecular complexity index is 773. The van der Waals surface area contributed by atoms with Crippen molar-refractivity contribution in [2.24, 2.45) is 5.73 Å². The fourth-order valence-corrected chi connectivity index (χ4v) is 3.56. The van der Waals surface area contributed by atoms with Crippen molar-refractivity contribution < 1.29 is 8.42 Å². The second-order valence-electron chi connectivity index (χ2n) is 4.81. The number of sulfonamides is 1. The van der Waals surface area contributed by atoms with Crippen molar-refractivity contribution in [2.45, 2.75) is 25.3 Å². The molecule has 4 nitrogen and oxygen atoms in total. The molecule has 0 unspecified atom stereocenters. The molecule has 0 aromatic heterocycles. The summed E-state index contributed by atoms with van der Waals surface area (Å²) < 4.78 is 27.5. The van der Waals surface area contributed by atoms with E-state index in [9.17, 15) is 8.42 Å². The molecule has 0 spiro atoms. The third kappa shape index (κ3) is 3.37. The summed E-state index contributed by atoms with van der Waals surface area (Å²) in [6, 6.07) is 10.1. The van der Waals surface area contributed by atoms with Gasteiger partial charge in [0.2, 0.25) is 0 Å². The lowest BCUT2D eigenvalue weighted by atomic mass is 10.1. The van der Waals surface area contributed by atoms with E-state index in [0.29, 0.717) is 22.8 Å². The van der Waals surface area contributed by atoms with Crippen LogP contribution in [-0.4, -0.2) is 8.42 Å². The van der Waals surface area contributed by atoms with Gasteiger partial charge in [-0.05, 0) is 48.7 Å². The lowest BCUT2D eigenvalue weighted by Crippen LogP contribution is -2.15. The van der Waals surface area contributed by atoms with Crippen LogP contribution in [0, 0.1) is 13.8 Å². The Hall–Kier alpha value is -1.56. The van der Waals surface area contributed by atoms with E-state index in [1.807, 2.05) is 13.0 Å². The van der Waals surface area contributed by atoms with Gasteiger partial charge in [-0.15, -0.1) is 0 Å². The van der Waals surface area contributed by atoms with E-state index in [-0.39, 0.29) is 4.90 Å². The summed E-state index contributed by atoms with van der Waals surface area (Å²) in [6.07, 6.45) is 0. The molecule has 2 aromatic carbocycles. The summed E-state index contributed by atoms with van der Waals surface area (Å²) in [4.78, 5) is 0.224. The highest BCUT2D eigenvalue weighted by Gasteiger charge is 2.18. The molecule has 0 saturated carbocycles. The fraction of sp³-hybridized carbons (Fsp3) is 0.200. The summed E-state index contributed by atoms with van der Waals surface area (Å²) in [5, 5.41) is 0.516. The predicted molar refractivity (Wildman–Crippen MR) is 86.1 cm³/mol. The van der Waals surface area contributed by atoms with Gasteiger partial charge in [-0.3, -0.25) is 4.72 Å². The first-order valence-corrected chi connectivity index (χ1v) is 8.29. The molecule has 0 aliphatic rings. The number of benzene rings is 2. The average Bonchev–Trinajstić information content (AvgIpc) is 2.42. The van der Waals surface area contributed by atoms with Crippen molar-refractivity contribution >= 4 is 27.3 Å². The number of hydrogen-bond acceptors (Lipinski definition) is 3. The third-order valence-electron chi connectivity index (χ3n) is 3.33. The van der Waals surface area contributed by atoms with Crippen LogP contribution in [0.4, 0.5) is 5.69 Å². The number of nitrogens with one attached hydrogen (secondary N) is 1. The number of nitrogens with two attached hydrogens (primary N) is 1. The van der Waals surface area contributed by atoms with Gasteiger partial charge in [0.1, 0.15) is 0 Å². The molecular weight excluding hydrogens is 308 g/mol. The van der Waals surface area contributed by atoms with Gasteiger partial charge in [-0.25, -0.2) is 8.42 Å². The van der Waals surface area contributed by atoms with Crippen LogP contribution in [0.3, 0.4) is 0 Å². The SMILES string of the molecule is Cc1ccc(NS(=O)(=O)c2cccc(CN)c2C)cc1Cl. The number of aryl methyl sites for hydroxylation is 1. The van der Waals surface area contributed by atoms with Gasteiger partial charge in [-0.1, -0.05) is 29.8 Å². The first-order chi connectivity index (χ1) is 9.85. The molecule has 112 valence electrons. The highest BCUT2D eigenvalue weighted by molar-refractivity contribution is 7.92. The molecule has 3 N–H and O–H groups in total. The van der Waals surface area contributed by atoms with Gasteiger partial charge in [0.25, 0.3) is 10.0 Å². The zero-order valence-electron chi connectivity index (χ0n) is 11.9. The van der Waals surface area contributed by atoms with E-state index in [4.69, 9.17) is 17.3 Å². The highest BCUT2D eigenvalue weighted by Crippen LogP contribution is 2.24. The van der Waals surface area contributed by atoms with Crippen LogP contribution in [0.25, 0.3) is 0 Å². The van der Waals surface area contributed by atoms with Crippen molar-refractivity contribution in [3.8, 4) is 0 Å². The zero-order chi connectivity index (χ0) is 15.6. The minimum absolute atomic E-state index is 0.224. The fourth-order valence-electron chi connectivity index (χ4n) is 2.04. The number of anilines is 1. The molecule has 6 heteroatoms. The summed E-state index contributed by atoms with van der Waals surface area (Å²) in [5.41, 5.74) is 8.41. The van der Waals surface area contributed by atoms with Gasteiger partial charge in [-0.2, -0.15) is 0 Å². The molecule has 0 heterocycles. The second kappa shape index (κ2) is 6.05. The third-order valence-corrected chi connectivity index (χ3v) is 5.26. The Labute approximate surface area is 130 Å². The van der Waals surface area contributed by atoms with Crippen molar-refractivity contribution in [2.75, 3.05) is 4.72 Å². The Balaban J connectivity index is 2.41. The van der Waals surface area contributed by atoms with E-state index in [0.717, 1.165) is 11.1 Å². The van der Waals surface area contributed by atoms with Crippen LogP contribution in [0.2, 0.25) is 5.02 Å². The van der Waals surface area contributed by atoms with E-state index in [1.165, 1.54) is 0 Å². The Morgan fingerprint density at radius 3 is 2.52 bits per heavy atom. The summed E-state index contributed by atoms with van der Waals surface area (Å²) in [5.74, 6) is 0. The zero-order valence-corrected chi connectivity index (χ0v) is 13.4. The van der Waals surface area contributed by atoms with Crippen LogP contribution in [0.5, 0.6) is 0 Å². The maximum atomic E-state index is 12.5. The van der Waals surface area contributed by atoms with Gasteiger partial charge in [0.15, 0.2) is 0 Å². The molecule has 0 saturated heterocycles. The van der Waals surface area contributed by atoms with Crippen LogP contribution in [0.15, 0.2) is 41.3 Å². The van der Waals surface area contributed by atoms with Crippen molar-refractivity contribution in [1.29, 1.82) is 0 Å². The van der Waals surface area contributed by atoms with Crippen molar-refractivity contribution in [3.05, 3.63) is 58.1 Å². The number of halogens is 1. The van der Waals surface area contributed by atoms with Gasteiger partial charge in [0, 0.05) is 11.6 Å². The van der Waals surface area contributed by atoms with Gasteiger partial charge in [0.05, 0.1) is 10.6 Å². The van der Waals surface area contributed by atoms with Crippen molar-refractivity contribution in [3.63, 3.8) is 0 Å². The monoisotopic (exact) mass is 324 g/mol. The Morgan fingerprint density at radius 1 is 1.19 bits per heavy atom. The maximum absolute atomic E-state index is 12.5. The Kier molecular flexibility index (Phi) is 4.56. The molecule has 2 aromatic rings. The minimum atomic E-state index is -3.67. The van der Waals surface area contributed by atoms with Crippen LogP contribution < -0.4 is 10.5 Å². The molecule has 2 rings (SSSR count). The summed E-state index contributed by atoms with van der Waals surface area (Å²) >= 11 is 6.02. The Morgan fingerprint density at radius 2 is 1.90 bits per heavy atom. The molecule has 0 fully saturated rings. The summed E-state index contributed by atoms with van der Waals surface area (Å²) in [7, 11) is -3.67. The van der Waals surface area contributed by atoms with Crippen LogP contribution in [-0.2, 0) is 16.6 Å². The van der Waals surface area contributed by atoms with Crippen LogP contribution >= 0.6 is 11.6 Å². The smallest absolute Gasteiger partial charge is 0.262 e. The molecule has 0 aliphatic heterocycles. The molecule has 0 amide bonds. The van der Waals surface area contributed by atoms with Gasteiger partial charge >= 0.3 is 0 Å². The highest BCUT2D eigenvalue weighted by atomic mass is 35.5. The minimum Gasteiger partial charge on any atom is -0.326 e. The molecule has 0 bridgehead atoms. The molecule has 21 heavy (non-hydrogen) atoms. The molecular formula is C15H17ClN2O2S. The second-order valence-corrected chi connectivity index (χ2v) is 6.87. The van der Waals surface area contributed by atoms with E-state index >= 15 is 0 Å². The first kappa shape index (κ1) is 15.8. The quantitative estimate of drug-likeness (QED) is 0.907. The largest absolute Gasteiger partial charge is 0.326 e. The van der Waals surface area contributed by atoms with Crippen LogP contribution in [0.1, 0.15) is 16.7 Å². The number of hydrogen-bond donors (Lipinski definition) is 2. The predicted octanol–water partition coefficient (Wildman–Crippen LogP) is 3.22. The normalized spacial score (nSPS) is 11.4. The number of rotatable bonds is 4. The van der Waals surface area contributed by atoms with Crippen molar-refractivity contribution in [1.82, 2.24) is 0 Å². The maximum Gasteiger partial charge on any atom is 0.262 e. The standard InChI is InChI=1S/C15H17ClN2O2S/c1-10-6-7-13(8-14(10)16)18-21(19,20)15-5-3-4-12(9-17)11(15)2/h3-8,18H,9,17H2,1-2H3. The average molecular weight is 325 g/mol. The lowest BCUT2D eigenvalue weighted by Gasteiger charge is -2.13.